The molecule has 2 aliphatic carbocycles. The summed E-state index contributed by atoms with van der Waals surface area (Å²) in [6.07, 6.45) is 18.1. The fraction of sp³-hybridized carbons (Fsp3) is 0.857. The van der Waals surface area contributed by atoms with Crippen LogP contribution in [0.25, 0.3) is 0 Å². The van der Waals surface area contributed by atoms with E-state index in [-0.39, 0.29) is 5.97 Å². The van der Waals surface area contributed by atoms with Gasteiger partial charge in [0.25, 0.3) is 0 Å². The van der Waals surface area contributed by atoms with Gasteiger partial charge in [-0.3, -0.25) is 0 Å². The third-order valence-electron chi connectivity index (χ3n) is 6.02. The Bertz CT molecular complexity index is 344. The Kier molecular flexibility index (Phi) is 8.19. The molecule has 0 aromatic rings. The summed E-state index contributed by atoms with van der Waals surface area (Å²) in [7, 11) is 0. The van der Waals surface area contributed by atoms with Gasteiger partial charge in [-0.15, -0.1) is 0 Å². The molecular weight excluding hydrogens is 284 g/mol. The summed E-state index contributed by atoms with van der Waals surface area (Å²) >= 11 is 0. The van der Waals surface area contributed by atoms with Crippen LogP contribution in [-0.2, 0) is 9.53 Å². The number of carbonyl (C=O) groups is 1. The van der Waals surface area contributed by atoms with Crippen molar-refractivity contribution in [3.63, 3.8) is 0 Å². The highest BCUT2D eigenvalue weighted by Crippen LogP contribution is 2.42. The predicted molar refractivity (Wildman–Crippen MR) is 96.3 cm³/mol. The largest absolute Gasteiger partial charge is 0.462 e. The Morgan fingerprint density at radius 2 is 1.48 bits per heavy atom. The predicted octanol–water partition coefficient (Wildman–Crippen LogP) is 6.05. The Labute approximate surface area is 143 Å². The van der Waals surface area contributed by atoms with E-state index in [0.717, 1.165) is 24.2 Å². The molecule has 2 heteroatoms. The molecule has 0 saturated heterocycles. The third kappa shape index (κ3) is 6.31. The summed E-state index contributed by atoms with van der Waals surface area (Å²) in [6.45, 7) is 5.91. The van der Waals surface area contributed by atoms with E-state index in [4.69, 9.17) is 4.74 Å². The standard InChI is InChI=1S/C21H36O2/c1-17(2)21(22)23-16-10-9-15-20(18-11-5-3-6-12-18)19-13-7-4-8-14-19/h18-20H,1,3-16H2,2H3. The van der Waals surface area contributed by atoms with Gasteiger partial charge in [0.1, 0.15) is 0 Å². The van der Waals surface area contributed by atoms with Crippen LogP contribution in [-0.4, -0.2) is 12.6 Å². The molecular formula is C21H36O2. The first-order valence-corrected chi connectivity index (χ1v) is 10.0. The van der Waals surface area contributed by atoms with Crippen LogP contribution in [0.5, 0.6) is 0 Å². The highest BCUT2D eigenvalue weighted by molar-refractivity contribution is 5.86. The van der Waals surface area contributed by atoms with Crippen LogP contribution in [0.2, 0.25) is 0 Å². The van der Waals surface area contributed by atoms with Gasteiger partial charge in [0.2, 0.25) is 0 Å². The monoisotopic (exact) mass is 320 g/mol. The fourth-order valence-electron chi connectivity index (χ4n) is 4.75. The minimum atomic E-state index is -0.235. The highest BCUT2D eigenvalue weighted by Gasteiger charge is 2.30. The Morgan fingerprint density at radius 1 is 0.957 bits per heavy atom. The zero-order chi connectivity index (χ0) is 16.5. The average Bonchev–Trinajstić information content (AvgIpc) is 2.59. The second-order valence-corrected chi connectivity index (χ2v) is 7.87. The van der Waals surface area contributed by atoms with E-state index in [1.807, 2.05) is 0 Å². The molecule has 0 radical (unpaired) electrons. The van der Waals surface area contributed by atoms with Gasteiger partial charge in [-0.05, 0) is 43.9 Å². The van der Waals surface area contributed by atoms with E-state index in [1.54, 1.807) is 6.92 Å². The van der Waals surface area contributed by atoms with Crippen molar-refractivity contribution in [3.8, 4) is 0 Å². The van der Waals surface area contributed by atoms with Crippen LogP contribution in [0.1, 0.15) is 90.4 Å². The first-order valence-electron chi connectivity index (χ1n) is 10.0. The van der Waals surface area contributed by atoms with Crippen molar-refractivity contribution in [2.45, 2.75) is 90.4 Å². The molecule has 0 unspecified atom stereocenters. The minimum absolute atomic E-state index is 0.235. The molecule has 2 rings (SSSR count). The number of hydrogen-bond donors (Lipinski definition) is 0. The maximum absolute atomic E-state index is 11.4. The SMILES string of the molecule is C=C(C)C(=O)OCCCCC(C1CCCCC1)C1CCCCC1. The molecule has 2 fully saturated rings. The quantitative estimate of drug-likeness (QED) is 0.309. The number of carbonyl (C=O) groups excluding carboxylic acids is 1. The topological polar surface area (TPSA) is 26.3 Å². The molecule has 0 heterocycles. The van der Waals surface area contributed by atoms with E-state index in [2.05, 4.69) is 6.58 Å². The van der Waals surface area contributed by atoms with Gasteiger partial charge in [-0.1, -0.05) is 70.8 Å². The van der Waals surface area contributed by atoms with E-state index in [0.29, 0.717) is 12.2 Å². The number of esters is 1. The summed E-state index contributed by atoms with van der Waals surface area (Å²) in [5.41, 5.74) is 0.507. The Balaban J connectivity index is 1.75. The zero-order valence-electron chi connectivity index (χ0n) is 15.2. The minimum Gasteiger partial charge on any atom is -0.462 e. The lowest BCUT2D eigenvalue weighted by molar-refractivity contribution is -0.139. The van der Waals surface area contributed by atoms with Gasteiger partial charge >= 0.3 is 5.97 Å². The summed E-state index contributed by atoms with van der Waals surface area (Å²) in [6, 6.07) is 0. The molecule has 0 N–H and O–H groups in total. The molecule has 0 bridgehead atoms. The van der Waals surface area contributed by atoms with E-state index < -0.39 is 0 Å². The molecule has 2 nitrogen and oxygen atoms in total. The maximum Gasteiger partial charge on any atom is 0.333 e. The fourth-order valence-corrected chi connectivity index (χ4v) is 4.75. The van der Waals surface area contributed by atoms with Crippen LogP contribution in [0, 0.1) is 17.8 Å². The zero-order valence-corrected chi connectivity index (χ0v) is 15.2. The normalized spacial score (nSPS) is 20.6. The van der Waals surface area contributed by atoms with E-state index in [9.17, 15) is 4.79 Å². The van der Waals surface area contributed by atoms with Gasteiger partial charge in [-0.2, -0.15) is 0 Å². The first-order chi connectivity index (χ1) is 11.2. The molecule has 0 spiro atoms. The van der Waals surface area contributed by atoms with Gasteiger partial charge in [0.15, 0.2) is 0 Å². The van der Waals surface area contributed by atoms with Crippen molar-refractivity contribution in [2.24, 2.45) is 17.8 Å². The summed E-state index contributed by atoms with van der Waals surface area (Å²) in [5.74, 6) is 2.66. The molecule has 2 saturated carbocycles. The molecule has 2 aliphatic rings. The maximum atomic E-state index is 11.4. The second-order valence-electron chi connectivity index (χ2n) is 7.87. The van der Waals surface area contributed by atoms with Crippen molar-refractivity contribution in [1.29, 1.82) is 0 Å². The van der Waals surface area contributed by atoms with Crippen LogP contribution in [0.4, 0.5) is 0 Å². The molecule has 0 aliphatic heterocycles. The van der Waals surface area contributed by atoms with Crippen molar-refractivity contribution < 1.29 is 9.53 Å². The number of unbranched alkanes of at least 4 members (excludes halogenated alkanes) is 1. The summed E-state index contributed by atoms with van der Waals surface area (Å²) < 4.78 is 5.24. The lowest BCUT2D eigenvalue weighted by Gasteiger charge is -2.38. The Hall–Kier alpha value is -0.790. The third-order valence-corrected chi connectivity index (χ3v) is 6.02. The smallest absolute Gasteiger partial charge is 0.333 e. The van der Waals surface area contributed by atoms with Crippen LogP contribution >= 0.6 is 0 Å². The van der Waals surface area contributed by atoms with Crippen molar-refractivity contribution in [2.75, 3.05) is 6.61 Å². The average molecular weight is 321 g/mol. The highest BCUT2D eigenvalue weighted by atomic mass is 16.5. The molecule has 23 heavy (non-hydrogen) atoms. The Morgan fingerprint density at radius 3 is 1.96 bits per heavy atom. The molecule has 0 amide bonds. The lowest BCUT2D eigenvalue weighted by atomic mass is 9.68. The lowest BCUT2D eigenvalue weighted by Crippen LogP contribution is -2.27. The molecule has 0 atom stereocenters. The van der Waals surface area contributed by atoms with Crippen molar-refractivity contribution in [1.82, 2.24) is 0 Å². The van der Waals surface area contributed by atoms with Gasteiger partial charge in [-0.25, -0.2) is 4.79 Å². The second kappa shape index (κ2) is 10.2. The van der Waals surface area contributed by atoms with Crippen LogP contribution in [0.3, 0.4) is 0 Å². The van der Waals surface area contributed by atoms with Gasteiger partial charge in [0.05, 0.1) is 6.61 Å². The van der Waals surface area contributed by atoms with Gasteiger partial charge < -0.3 is 4.74 Å². The van der Waals surface area contributed by atoms with E-state index in [1.165, 1.54) is 77.0 Å². The molecule has 0 aromatic carbocycles. The van der Waals surface area contributed by atoms with E-state index >= 15 is 0 Å². The first kappa shape index (κ1) is 18.5. The van der Waals surface area contributed by atoms with Crippen LogP contribution in [0.15, 0.2) is 12.2 Å². The van der Waals surface area contributed by atoms with Crippen LogP contribution < -0.4 is 0 Å². The molecule has 0 aromatic heterocycles. The summed E-state index contributed by atoms with van der Waals surface area (Å²) in [4.78, 5) is 11.4. The number of rotatable bonds is 8. The summed E-state index contributed by atoms with van der Waals surface area (Å²) in [5, 5.41) is 0. The van der Waals surface area contributed by atoms with Crippen molar-refractivity contribution in [3.05, 3.63) is 12.2 Å². The molecule has 132 valence electrons. The van der Waals surface area contributed by atoms with Gasteiger partial charge in [0, 0.05) is 5.57 Å². The number of hydrogen-bond acceptors (Lipinski definition) is 2. The van der Waals surface area contributed by atoms with Crippen molar-refractivity contribution >= 4 is 5.97 Å². The number of ether oxygens (including phenoxy) is 1.